The second-order valence-electron chi connectivity index (χ2n) is 4.84. The molecule has 0 radical (unpaired) electrons. The summed E-state index contributed by atoms with van der Waals surface area (Å²) in [5, 5.41) is 1.21. The summed E-state index contributed by atoms with van der Waals surface area (Å²) in [4.78, 5) is 13.1. The minimum absolute atomic E-state index is 0.278. The topological polar surface area (TPSA) is 66.9 Å². The van der Waals surface area contributed by atoms with Crippen LogP contribution < -0.4 is 0 Å². The summed E-state index contributed by atoms with van der Waals surface area (Å²) in [6.45, 7) is 3.30. The Kier molecular flexibility index (Phi) is 5.57. The highest BCUT2D eigenvalue weighted by molar-refractivity contribution is 7.92. The summed E-state index contributed by atoms with van der Waals surface area (Å²) < 4.78 is 30.8. The van der Waals surface area contributed by atoms with Crippen LogP contribution in [-0.2, 0) is 14.8 Å². The van der Waals surface area contributed by atoms with Gasteiger partial charge in [-0.15, -0.1) is 0 Å². The second kappa shape index (κ2) is 7.42. The molecule has 0 spiro atoms. The first-order chi connectivity index (χ1) is 10.5. The van der Waals surface area contributed by atoms with E-state index in [-0.39, 0.29) is 19.2 Å². The number of piperazine rings is 1. The zero-order valence-electron chi connectivity index (χ0n) is 12.5. The predicted octanol–water partition coefficient (Wildman–Crippen LogP) is 1.76. The van der Waals surface area contributed by atoms with E-state index in [1.807, 2.05) is 30.3 Å². The van der Waals surface area contributed by atoms with Crippen molar-refractivity contribution in [1.82, 2.24) is 9.21 Å². The Balaban J connectivity index is 1.95. The van der Waals surface area contributed by atoms with Crippen molar-refractivity contribution in [3.8, 4) is 0 Å². The number of amides is 1. The summed E-state index contributed by atoms with van der Waals surface area (Å²) in [6, 6.07) is 9.25. The molecule has 120 valence electrons. The lowest BCUT2D eigenvalue weighted by molar-refractivity contribution is 0.0936. The Morgan fingerprint density at radius 1 is 1.18 bits per heavy atom. The monoisotopic (exact) mass is 324 g/mol. The minimum atomic E-state index is -3.47. The molecule has 1 aliphatic heterocycles. The first-order valence-electron chi connectivity index (χ1n) is 7.18. The molecule has 1 amide bonds. The van der Waals surface area contributed by atoms with Gasteiger partial charge in [0.05, 0.1) is 6.61 Å². The number of sulfonamides is 1. The maximum Gasteiger partial charge on any atom is 0.409 e. The smallest absolute Gasteiger partial charge is 0.409 e. The van der Waals surface area contributed by atoms with E-state index in [0.717, 1.165) is 5.56 Å². The van der Waals surface area contributed by atoms with Gasteiger partial charge in [-0.2, -0.15) is 4.31 Å². The fourth-order valence-electron chi connectivity index (χ4n) is 2.15. The first-order valence-corrected chi connectivity index (χ1v) is 8.68. The van der Waals surface area contributed by atoms with Crippen LogP contribution in [0.15, 0.2) is 35.7 Å². The molecule has 0 aromatic heterocycles. The molecule has 0 N–H and O–H groups in total. The third-order valence-corrected chi connectivity index (χ3v) is 4.92. The van der Waals surface area contributed by atoms with Gasteiger partial charge >= 0.3 is 6.09 Å². The van der Waals surface area contributed by atoms with Gasteiger partial charge in [-0.1, -0.05) is 30.3 Å². The molecule has 0 saturated carbocycles. The Bertz CT molecular complexity index is 620. The summed E-state index contributed by atoms with van der Waals surface area (Å²) >= 11 is 0. The molecule has 1 saturated heterocycles. The van der Waals surface area contributed by atoms with Crippen molar-refractivity contribution in [2.24, 2.45) is 0 Å². The Morgan fingerprint density at radius 3 is 2.41 bits per heavy atom. The molecule has 22 heavy (non-hydrogen) atoms. The number of carbonyl (C=O) groups excluding carboxylic acids is 1. The van der Waals surface area contributed by atoms with Gasteiger partial charge in [0.2, 0.25) is 10.0 Å². The van der Waals surface area contributed by atoms with Crippen molar-refractivity contribution in [3.63, 3.8) is 0 Å². The third-order valence-electron chi connectivity index (χ3n) is 3.36. The number of carbonyl (C=O) groups is 1. The van der Waals surface area contributed by atoms with E-state index in [1.54, 1.807) is 13.0 Å². The average Bonchev–Trinajstić information content (AvgIpc) is 2.54. The Hall–Kier alpha value is -1.86. The van der Waals surface area contributed by atoms with Crippen LogP contribution in [0.2, 0.25) is 0 Å². The predicted molar refractivity (Wildman–Crippen MR) is 84.6 cm³/mol. The SMILES string of the molecule is CCOC(=O)N1CCN(S(=O)(=O)C=Cc2ccccc2)CC1. The Morgan fingerprint density at radius 2 is 1.82 bits per heavy atom. The fourth-order valence-corrected chi connectivity index (χ4v) is 3.33. The van der Waals surface area contributed by atoms with Gasteiger partial charge in [-0.05, 0) is 18.6 Å². The maximum absolute atomic E-state index is 12.3. The van der Waals surface area contributed by atoms with Crippen molar-refractivity contribution >= 4 is 22.2 Å². The molecule has 0 atom stereocenters. The van der Waals surface area contributed by atoms with Crippen molar-refractivity contribution < 1.29 is 17.9 Å². The first kappa shape index (κ1) is 16.5. The summed E-state index contributed by atoms with van der Waals surface area (Å²) in [6.07, 6.45) is 1.19. The Labute approximate surface area is 131 Å². The van der Waals surface area contributed by atoms with Crippen molar-refractivity contribution in [2.45, 2.75) is 6.92 Å². The highest BCUT2D eigenvalue weighted by Gasteiger charge is 2.27. The van der Waals surface area contributed by atoms with Gasteiger partial charge in [-0.25, -0.2) is 13.2 Å². The van der Waals surface area contributed by atoms with Crippen LogP contribution in [0, 0.1) is 0 Å². The van der Waals surface area contributed by atoms with Crippen molar-refractivity contribution in [2.75, 3.05) is 32.8 Å². The number of benzene rings is 1. The largest absolute Gasteiger partial charge is 0.450 e. The van der Waals surface area contributed by atoms with Gasteiger partial charge < -0.3 is 9.64 Å². The average molecular weight is 324 g/mol. The lowest BCUT2D eigenvalue weighted by Gasteiger charge is -2.32. The number of hydrogen-bond donors (Lipinski definition) is 0. The normalized spacial score (nSPS) is 16.9. The number of ether oxygens (including phenoxy) is 1. The molecule has 1 aliphatic rings. The van der Waals surface area contributed by atoms with Gasteiger partial charge in [0, 0.05) is 31.6 Å². The summed E-state index contributed by atoms with van der Waals surface area (Å²) in [5.74, 6) is 0. The molecule has 1 aromatic rings. The van der Waals surface area contributed by atoms with Gasteiger partial charge in [0.1, 0.15) is 0 Å². The van der Waals surface area contributed by atoms with Crippen molar-refractivity contribution in [3.05, 3.63) is 41.3 Å². The van der Waals surface area contributed by atoms with Gasteiger partial charge in [-0.3, -0.25) is 0 Å². The quantitative estimate of drug-likeness (QED) is 0.846. The molecule has 6 nitrogen and oxygen atoms in total. The highest BCUT2D eigenvalue weighted by Crippen LogP contribution is 2.12. The van der Waals surface area contributed by atoms with Crippen LogP contribution in [0.1, 0.15) is 12.5 Å². The molecule has 0 bridgehead atoms. The fraction of sp³-hybridized carbons (Fsp3) is 0.400. The second-order valence-corrected chi connectivity index (χ2v) is 6.66. The molecular formula is C15H20N2O4S. The standard InChI is InChI=1S/C15H20N2O4S/c1-2-21-15(18)16-9-11-17(12-10-16)22(19,20)13-8-14-6-4-3-5-7-14/h3-8,13H,2,9-12H2,1H3. The van der Waals surface area contributed by atoms with E-state index in [9.17, 15) is 13.2 Å². The van der Waals surface area contributed by atoms with Gasteiger partial charge in [0.25, 0.3) is 0 Å². The highest BCUT2D eigenvalue weighted by atomic mass is 32.2. The molecule has 1 aromatic carbocycles. The van der Waals surface area contributed by atoms with Crippen LogP contribution in [0.3, 0.4) is 0 Å². The van der Waals surface area contributed by atoms with Crippen LogP contribution in [0.5, 0.6) is 0 Å². The van der Waals surface area contributed by atoms with Crippen LogP contribution in [-0.4, -0.2) is 56.5 Å². The third kappa shape index (κ3) is 4.32. The van der Waals surface area contributed by atoms with Crippen LogP contribution >= 0.6 is 0 Å². The van der Waals surface area contributed by atoms with E-state index < -0.39 is 10.0 Å². The zero-order valence-corrected chi connectivity index (χ0v) is 13.3. The number of nitrogens with zero attached hydrogens (tertiary/aromatic N) is 2. The van der Waals surface area contributed by atoms with Crippen LogP contribution in [0.4, 0.5) is 4.79 Å². The van der Waals surface area contributed by atoms with E-state index in [1.165, 1.54) is 14.6 Å². The molecule has 7 heteroatoms. The molecule has 1 heterocycles. The lowest BCUT2D eigenvalue weighted by atomic mass is 10.2. The summed E-state index contributed by atoms with van der Waals surface area (Å²) in [7, 11) is -3.47. The molecule has 0 aliphatic carbocycles. The molecule has 2 rings (SSSR count). The summed E-state index contributed by atoms with van der Waals surface area (Å²) in [5.41, 5.74) is 0.830. The van der Waals surface area contributed by atoms with E-state index >= 15 is 0 Å². The van der Waals surface area contributed by atoms with E-state index in [2.05, 4.69) is 0 Å². The van der Waals surface area contributed by atoms with E-state index in [4.69, 9.17) is 4.74 Å². The van der Waals surface area contributed by atoms with Gasteiger partial charge in [0.15, 0.2) is 0 Å². The number of rotatable bonds is 4. The van der Waals surface area contributed by atoms with E-state index in [0.29, 0.717) is 19.7 Å². The lowest BCUT2D eigenvalue weighted by Crippen LogP contribution is -2.50. The maximum atomic E-state index is 12.3. The minimum Gasteiger partial charge on any atom is -0.450 e. The van der Waals surface area contributed by atoms with Crippen LogP contribution in [0.25, 0.3) is 6.08 Å². The molecule has 1 fully saturated rings. The van der Waals surface area contributed by atoms with Crippen molar-refractivity contribution in [1.29, 1.82) is 0 Å². The molecular weight excluding hydrogens is 304 g/mol. The molecule has 0 unspecified atom stereocenters. The zero-order chi connectivity index (χ0) is 16.0. The number of hydrogen-bond acceptors (Lipinski definition) is 4.